The van der Waals surface area contributed by atoms with Crippen molar-refractivity contribution in [2.75, 3.05) is 6.61 Å². The zero-order chi connectivity index (χ0) is 9.52. The van der Waals surface area contributed by atoms with E-state index in [0.29, 0.717) is 13.0 Å². The second-order valence-corrected chi connectivity index (χ2v) is 2.79. The summed E-state index contributed by atoms with van der Waals surface area (Å²) >= 11 is 0. The fraction of sp³-hybridized carbons (Fsp3) is 0.273. The highest BCUT2D eigenvalue weighted by molar-refractivity contribution is 5.20. The normalized spacial score (nSPS) is 11.7. The van der Waals surface area contributed by atoms with Gasteiger partial charge in [-0.1, -0.05) is 18.2 Å². The van der Waals surface area contributed by atoms with Crippen molar-refractivity contribution in [1.82, 2.24) is 0 Å². The lowest BCUT2D eigenvalue weighted by molar-refractivity contribution is 0.290. The second kappa shape index (κ2) is 5.23. The Morgan fingerprint density at radius 1 is 1.38 bits per heavy atom. The average molecular weight is 175 g/mol. The Morgan fingerprint density at radius 2 is 2.08 bits per heavy atom. The number of nitrogens with two attached hydrogens (primary N) is 1. The number of benzene rings is 1. The quantitative estimate of drug-likeness (QED) is 0.702. The van der Waals surface area contributed by atoms with E-state index in [0.717, 1.165) is 5.75 Å². The molecule has 1 aromatic carbocycles. The van der Waals surface area contributed by atoms with Gasteiger partial charge in [-0.25, -0.2) is 0 Å². The highest BCUT2D eigenvalue weighted by Crippen LogP contribution is 2.08. The first-order chi connectivity index (χ1) is 6.33. The predicted molar refractivity (Wildman–Crippen MR) is 53.4 cm³/mol. The van der Waals surface area contributed by atoms with Gasteiger partial charge < -0.3 is 10.5 Å². The van der Waals surface area contributed by atoms with Gasteiger partial charge in [-0.15, -0.1) is 12.3 Å². The summed E-state index contributed by atoms with van der Waals surface area (Å²) in [5, 5.41) is 0. The monoisotopic (exact) mass is 175 g/mol. The van der Waals surface area contributed by atoms with E-state index in [-0.39, 0.29) is 6.04 Å². The van der Waals surface area contributed by atoms with Crippen LogP contribution < -0.4 is 10.5 Å². The van der Waals surface area contributed by atoms with Crippen LogP contribution in [0.1, 0.15) is 6.42 Å². The lowest BCUT2D eigenvalue weighted by Gasteiger charge is -2.09. The summed E-state index contributed by atoms with van der Waals surface area (Å²) in [7, 11) is 0. The Labute approximate surface area is 78.7 Å². The maximum absolute atomic E-state index is 5.66. The molecule has 0 aromatic heterocycles. The lowest BCUT2D eigenvalue weighted by Crippen LogP contribution is -2.27. The molecule has 0 spiro atoms. The third-order valence-electron chi connectivity index (χ3n) is 1.59. The summed E-state index contributed by atoms with van der Waals surface area (Å²) in [5.41, 5.74) is 5.66. The minimum Gasteiger partial charge on any atom is -0.492 e. The molecule has 1 atom stereocenters. The molecule has 1 rings (SSSR count). The van der Waals surface area contributed by atoms with E-state index < -0.39 is 0 Å². The second-order valence-electron chi connectivity index (χ2n) is 2.79. The Hall–Kier alpha value is -1.46. The van der Waals surface area contributed by atoms with Crippen molar-refractivity contribution >= 4 is 0 Å². The molecule has 68 valence electrons. The van der Waals surface area contributed by atoms with E-state index in [9.17, 15) is 0 Å². The molecule has 0 bridgehead atoms. The molecule has 0 aliphatic rings. The summed E-state index contributed by atoms with van der Waals surface area (Å²) in [4.78, 5) is 0. The molecule has 0 saturated carbocycles. The van der Waals surface area contributed by atoms with Gasteiger partial charge >= 0.3 is 0 Å². The molecule has 0 aliphatic heterocycles. The lowest BCUT2D eigenvalue weighted by atomic mass is 10.2. The number of hydrogen-bond acceptors (Lipinski definition) is 2. The number of rotatable bonds is 4. The van der Waals surface area contributed by atoms with Crippen LogP contribution in [0.25, 0.3) is 0 Å². The number of para-hydroxylation sites is 1. The minimum atomic E-state index is -0.0785. The predicted octanol–water partition coefficient (Wildman–Crippen LogP) is 1.42. The van der Waals surface area contributed by atoms with Crippen molar-refractivity contribution in [1.29, 1.82) is 0 Å². The average Bonchev–Trinajstić information content (AvgIpc) is 2.17. The molecule has 2 nitrogen and oxygen atoms in total. The first-order valence-corrected chi connectivity index (χ1v) is 4.20. The Kier molecular flexibility index (Phi) is 3.87. The first kappa shape index (κ1) is 9.63. The summed E-state index contributed by atoms with van der Waals surface area (Å²) in [6.45, 7) is 0.466. The van der Waals surface area contributed by atoms with Crippen LogP contribution in [0.5, 0.6) is 5.75 Å². The molecule has 0 amide bonds. The third-order valence-corrected chi connectivity index (χ3v) is 1.59. The van der Waals surface area contributed by atoms with Crippen LogP contribution in [-0.2, 0) is 0 Å². The van der Waals surface area contributed by atoms with E-state index >= 15 is 0 Å². The zero-order valence-electron chi connectivity index (χ0n) is 7.44. The van der Waals surface area contributed by atoms with Crippen LogP contribution in [-0.4, -0.2) is 12.6 Å². The molecule has 0 aliphatic carbocycles. The maximum Gasteiger partial charge on any atom is 0.119 e. The molecule has 2 heteroatoms. The van der Waals surface area contributed by atoms with Crippen molar-refractivity contribution in [3.05, 3.63) is 30.3 Å². The molecular formula is C11H13NO. The number of hydrogen-bond donors (Lipinski definition) is 1. The van der Waals surface area contributed by atoms with Crippen molar-refractivity contribution in [2.24, 2.45) is 5.73 Å². The Bertz CT molecular complexity index is 276. The highest BCUT2D eigenvalue weighted by Gasteiger charge is 2.00. The molecule has 13 heavy (non-hydrogen) atoms. The topological polar surface area (TPSA) is 35.2 Å². The van der Waals surface area contributed by atoms with Crippen molar-refractivity contribution in [2.45, 2.75) is 12.5 Å². The van der Waals surface area contributed by atoms with Crippen LogP contribution in [0.3, 0.4) is 0 Å². The van der Waals surface area contributed by atoms with E-state index in [2.05, 4.69) is 5.92 Å². The highest BCUT2D eigenvalue weighted by atomic mass is 16.5. The molecule has 0 fully saturated rings. The standard InChI is InChI=1S/C11H13NO/c1-2-6-10(12)9-13-11-7-4-3-5-8-11/h1,3-5,7-8,10H,6,9,12H2. The zero-order valence-corrected chi connectivity index (χ0v) is 7.44. The van der Waals surface area contributed by atoms with Crippen molar-refractivity contribution in [3.63, 3.8) is 0 Å². The van der Waals surface area contributed by atoms with Gasteiger partial charge in [-0.05, 0) is 12.1 Å². The van der Waals surface area contributed by atoms with Gasteiger partial charge in [0.05, 0.1) is 0 Å². The van der Waals surface area contributed by atoms with Gasteiger partial charge in [-0.3, -0.25) is 0 Å². The number of terminal acetylenes is 1. The van der Waals surface area contributed by atoms with Crippen LogP contribution in [0.15, 0.2) is 30.3 Å². The van der Waals surface area contributed by atoms with Gasteiger partial charge in [0.25, 0.3) is 0 Å². The van der Waals surface area contributed by atoms with Crippen LogP contribution in [0, 0.1) is 12.3 Å². The van der Waals surface area contributed by atoms with E-state index in [1.165, 1.54) is 0 Å². The minimum absolute atomic E-state index is 0.0785. The largest absolute Gasteiger partial charge is 0.492 e. The van der Waals surface area contributed by atoms with Gasteiger partial charge in [0.2, 0.25) is 0 Å². The SMILES string of the molecule is C#CCC(N)COc1ccccc1. The molecule has 2 N–H and O–H groups in total. The fourth-order valence-electron chi connectivity index (χ4n) is 0.930. The van der Waals surface area contributed by atoms with Gasteiger partial charge in [0.15, 0.2) is 0 Å². The summed E-state index contributed by atoms with van der Waals surface area (Å²) in [5.74, 6) is 3.33. The van der Waals surface area contributed by atoms with Gasteiger partial charge in [0, 0.05) is 12.5 Å². The van der Waals surface area contributed by atoms with Crippen molar-refractivity contribution in [3.8, 4) is 18.1 Å². The molecule has 0 heterocycles. The summed E-state index contributed by atoms with van der Waals surface area (Å²) in [6, 6.07) is 9.48. The third kappa shape index (κ3) is 3.64. The van der Waals surface area contributed by atoms with Crippen LogP contribution in [0.4, 0.5) is 0 Å². The smallest absolute Gasteiger partial charge is 0.119 e. The first-order valence-electron chi connectivity index (χ1n) is 4.20. The maximum atomic E-state index is 5.66. The van der Waals surface area contributed by atoms with Crippen LogP contribution in [0.2, 0.25) is 0 Å². The van der Waals surface area contributed by atoms with E-state index in [1.54, 1.807) is 0 Å². The van der Waals surface area contributed by atoms with E-state index in [4.69, 9.17) is 16.9 Å². The molecule has 1 unspecified atom stereocenters. The van der Waals surface area contributed by atoms with Gasteiger partial charge in [-0.2, -0.15) is 0 Å². The molecular weight excluding hydrogens is 162 g/mol. The van der Waals surface area contributed by atoms with E-state index in [1.807, 2.05) is 30.3 Å². The van der Waals surface area contributed by atoms with Crippen molar-refractivity contribution < 1.29 is 4.74 Å². The number of ether oxygens (including phenoxy) is 1. The Balaban J connectivity index is 2.32. The fourth-order valence-corrected chi connectivity index (χ4v) is 0.930. The molecule has 0 saturated heterocycles. The summed E-state index contributed by atoms with van der Waals surface area (Å²) in [6.07, 6.45) is 5.66. The van der Waals surface area contributed by atoms with Crippen LogP contribution >= 0.6 is 0 Å². The summed E-state index contributed by atoms with van der Waals surface area (Å²) < 4.78 is 5.40. The Morgan fingerprint density at radius 3 is 2.69 bits per heavy atom. The van der Waals surface area contributed by atoms with Gasteiger partial charge in [0.1, 0.15) is 12.4 Å². The molecule has 1 aromatic rings. The molecule has 0 radical (unpaired) electrons.